The highest BCUT2D eigenvalue weighted by atomic mass is 32.2. The summed E-state index contributed by atoms with van der Waals surface area (Å²) < 4.78 is 1.10. The highest BCUT2D eigenvalue weighted by Crippen LogP contribution is 2.36. The minimum Gasteiger partial charge on any atom is -0.345 e. The minimum absolute atomic E-state index is 0.0354. The molecule has 1 aliphatic rings. The molecule has 0 saturated heterocycles. The molecule has 4 rings (SSSR count). The summed E-state index contributed by atoms with van der Waals surface area (Å²) in [6.07, 6.45) is 11.6. The fourth-order valence-corrected chi connectivity index (χ4v) is 5.50. The maximum Gasteiger partial charge on any atom is 0.253 e. The third kappa shape index (κ3) is 4.78. The average molecular weight is 427 g/mol. The van der Waals surface area contributed by atoms with Crippen LogP contribution < -0.4 is 0 Å². The van der Waals surface area contributed by atoms with E-state index in [0.717, 1.165) is 39.3 Å². The van der Waals surface area contributed by atoms with Gasteiger partial charge in [0.1, 0.15) is 5.82 Å². The molecule has 3 aromatic rings. The van der Waals surface area contributed by atoms with E-state index in [1.807, 2.05) is 36.8 Å². The molecule has 1 fully saturated rings. The Morgan fingerprint density at radius 3 is 2.59 bits per heavy atom. The van der Waals surface area contributed by atoms with Gasteiger partial charge in [-0.05, 0) is 55.6 Å². The summed E-state index contributed by atoms with van der Waals surface area (Å²) in [5.74, 6) is 2.34. The molecule has 2 atom stereocenters. The van der Waals surface area contributed by atoms with Gasteiger partial charge in [-0.3, -0.25) is 4.79 Å². The topological polar surface area (TPSA) is 59.0 Å². The van der Waals surface area contributed by atoms with Crippen molar-refractivity contribution in [1.29, 1.82) is 0 Å². The van der Waals surface area contributed by atoms with Gasteiger partial charge in [-0.25, -0.2) is 15.0 Å². The maximum atomic E-state index is 12.2. The molecule has 0 N–H and O–H groups in total. The Labute approximate surface area is 180 Å². The van der Waals surface area contributed by atoms with E-state index in [4.69, 9.17) is 4.98 Å². The number of carbonyl (C=O) groups is 1. The second kappa shape index (κ2) is 8.79. The molecule has 0 unspecified atom stereocenters. The van der Waals surface area contributed by atoms with Crippen LogP contribution in [-0.4, -0.2) is 46.1 Å². The summed E-state index contributed by atoms with van der Waals surface area (Å²) in [6.45, 7) is 0. The molecule has 152 valence electrons. The smallest absolute Gasteiger partial charge is 0.253 e. The summed E-state index contributed by atoms with van der Waals surface area (Å²) >= 11 is 3.40. The number of thiazole rings is 1. The van der Waals surface area contributed by atoms with Crippen molar-refractivity contribution in [3.05, 3.63) is 47.0 Å². The van der Waals surface area contributed by atoms with Crippen LogP contribution in [0.2, 0.25) is 0 Å². The molecule has 1 saturated carbocycles. The number of aromatic nitrogens is 3. The predicted molar refractivity (Wildman–Crippen MR) is 120 cm³/mol. The zero-order valence-corrected chi connectivity index (χ0v) is 18.7. The van der Waals surface area contributed by atoms with Gasteiger partial charge >= 0.3 is 0 Å². The summed E-state index contributed by atoms with van der Waals surface area (Å²) in [5.41, 5.74) is 1.73. The third-order valence-corrected chi connectivity index (χ3v) is 7.31. The largest absolute Gasteiger partial charge is 0.345 e. The van der Waals surface area contributed by atoms with Gasteiger partial charge in [-0.15, -0.1) is 23.1 Å². The van der Waals surface area contributed by atoms with Crippen LogP contribution in [0.15, 0.2) is 35.5 Å². The number of rotatable bonds is 6. The van der Waals surface area contributed by atoms with E-state index in [-0.39, 0.29) is 5.91 Å². The van der Waals surface area contributed by atoms with Crippen molar-refractivity contribution in [2.24, 2.45) is 11.8 Å². The zero-order chi connectivity index (χ0) is 20.4. The van der Waals surface area contributed by atoms with Crippen molar-refractivity contribution in [2.75, 3.05) is 20.4 Å². The lowest BCUT2D eigenvalue weighted by atomic mass is 9.99. The van der Waals surface area contributed by atoms with Crippen LogP contribution >= 0.6 is 23.1 Å². The minimum atomic E-state index is 0.0354. The van der Waals surface area contributed by atoms with E-state index >= 15 is 0 Å². The van der Waals surface area contributed by atoms with Gasteiger partial charge in [0.25, 0.3) is 5.91 Å². The fourth-order valence-electron chi connectivity index (χ4n) is 4.06. The normalized spacial score (nSPS) is 19.0. The molecule has 0 aliphatic heterocycles. The average Bonchev–Trinajstić information content (AvgIpc) is 3.33. The Balaban J connectivity index is 1.38. The van der Waals surface area contributed by atoms with Crippen molar-refractivity contribution >= 4 is 39.2 Å². The highest BCUT2D eigenvalue weighted by molar-refractivity contribution is 7.98. The first-order chi connectivity index (χ1) is 14.0. The van der Waals surface area contributed by atoms with E-state index in [2.05, 4.69) is 9.97 Å². The maximum absolute atomic E-state index is 12.2. The first-order valence-corrected chi connectivity index (χ1v) is 12.0. The molecule has 2 heterocycles. The first kappa shape index (κ1) is 20.3. The number of nitrogens with zero attached hydrogens (tertiary/aromatic N) is 4. The molecule has 7 heteroatoms. The van der Waals surface area contributed by atoms with Crippen LogP contribution in [0.5, 0.6) is 0 Å². The molecule has 1 aliphatic carbocycles. The van der Waals surface area contributed by atoms with Crippen LogP contribution in [0.3, 0.4) is 0 Å². The summed E-state index contributed by atoms with van der Waals surface area (Å²) in [4.78, 5) is 28.8. The van der Waals surface area contributed by atoms with Crippen LogP contribution in [0.4, 0.5) is 0 Å². The SMILES string of the molecule is CSc1cnc(C[C@H]2CC[C@H](Cc3nc4ccc(C(=O)N(C)C)cc4s3)C2)nc1. The lowest BCUT2D eigenvalue weighted by Gasteiger charge is -2.09. The molecule has 0 spiro atoms. The first-order valence-electron chi connectivity index (χ1n) is 9.98. The second-order valence-electron chi connectivity index (χ2n) is 7.98. The Bertz CT molecular complexity index is 1000. The zero-order valence-electron chi connectivity index (χ0n) is 17.1. The van der Waals surface area contributed by atoms with E-state index < -0.39 is 0 Å². The van der Waals surface area contributed by atoms with Crippen LogP contribution in [0.25, 0.3) is 10.2 Å². The fraction of sp³-hybridized carbons (Fsp3) is 0.455. The van der Waals surface area contributed by atoms with E-state index in [1.54, 1.807) is 42.1 Å². The summed E-state index contributed by atoms with van der Waals surface area (Å²) in [7, 11) is 3.56. The predicted octanol–water partition coefficient (Wildman–Crippen LogP) is 4.71. The van der Waals surface area contributed by atoms with E-state index in [1.165, 1.54) is 24.3 Å². The molecule has 2 aromatic heterocycles. The van der Waals surface area contributed by atoms with Gasteiger partial charge in [0, 0.05) is 49.8 Å². The Hall–Kier alpha value is -1.99. The number of amides is 1. The van der Waals surface area contributed by atoms with Crippen LogP contribution in [0, 0.1) is 11.8 Å². The molecule has 5 nitrogen and oxygen atoms in total. The Kier molecular flexibility index (Phi) is 6.15. The highest BCUT2D eigenvalue weighted by Gasteiger charge is 2.26. The monoisotopic (exact) mass is 426 g/mol. The lowest BCUT2D eigenvalue weighted by Crippen LogP contribution is -2.21. The molecule has 0 bridgehead atoms. The summed E-state index contributed by atoms with van der Waals surface area (Å²) in [5, 5.41) is 1.18. The van der Waals surface area contributed by atoms with Gasteiger partial charge in [0.2, 0.25) is 0 Å². The molecular weight excluding hydrogens is 400 g/mol. The van der Waals surface area contributed by atoms with Gasteiger partial charge in [0.15, 0.2) is 0 Å². The van der Waals surface area contributed by atoms with Gasteiger partial charge in [-0.1, -0.05) is 0 Å². The van der Waals surface area contributed by atoms with E-state index in [0.29, 0.717) is 11.8 Å². The van der Waals surface area contributed by atoms with Gasteiger partial charge in [-0.2, -0.15) is 0 Å². The summed E-state index contributed by atoms with van der Waals surface area (Å²) in [6, 6.07) is 5.83. The molecule has 1 amide bonds. The number of thioether (sulfide) groups is 1. The molecule has 0 radical (unpaired) electrons. The molecule has 29 heavy (non-hydrogen) atoms. The lowest BCUT2D eigenvalue weighted by molar-refractivity contribution is 0.0828. The third-order valence-electron chi connectivity index (χ3n) is 5.59. The quantitative estimate of drug-likeness (QED) is 0.534. The number of hydrogen-bond acceptors (Lipinski definition) is 6. The molecule has 1 aromatic carbocycles. The van der Waals surface area contributed by atoms with Gasteiger partial charge < -0.3 is 4.90 Å². The van der Waals surface area contributed by atoms with Gasteiger partial charge in [0.05, 0.1) is 15.2 Å². The van der Waals surface area contributed by atoms with Crippen LogP contribution in [-0.2, 0) is 12.8 Å². The van der Waals surface area contributed by atoms with Crippen molar-refractivity contribution < 1.29 is 4.79 Å². The van der Waals surface area contributed by atoms with Crippen LogP contribution in [0.1, 0.15) is 40.5 Å². The Morgan fingerprint density at radius 1 is 1.17 bits per heavy atom. The molecular formula is C22H26N4OS2. The van der Waals surface area contributed by atoms with E-state index in [9.17, 15) is 4.79 Å². The number of benzene rings is 1. The standard InChI is InChI=1S/C22H26N4OS2/c1-26(2)22(27)16-6-7-18-19(11-16)29-21(25-18)10-15-5-4-14(8-15)9-20-23-12-17(28-3)13-24-20/h6-7,11-15H,4-5,8-10H2,1-3H3/t14-,15-/m0/s1. The van der Waals surface area contributed by atoms with Crippen molar-refractivity contribution in [2.45, 2.75) is 37.0 Å². The Morgan fingerprint density at radius 2 is 1.90 bits per heavy atom. The number of carbonyl (C=O) groups excluding carboxylic acids is 1. The second-order valence-corrected chi connectivity index (χ2v) is 9.98. The number of fused-ring (bicyclic) bond motifs is 1. The van der Waals surface area contributed by atoms with Crippen molar-refractivity contribution in [3.63, 3.8) is 0 Å². The number of hydrogen-bond donors (Lipinski definition) is 0. The van der Waals surface area contributed by atoms with Crippen molar-refractivity contribution in [3.8, 4) is 0 Å². The van der Waals surface area contributed by atoms with Crippen molar-refractivity contribution in [1.82, 2.24) is 19.9 Å².